The van der Waals surface area contributed by atoms with E-state index >= 15 is 0 Å². The van der Waals surface area contributed by atoms with Crippen LogP contribution in [0.15, 0.2) is 12.4 Å². The van der Waals surface area contributed by atoms with Crippen LogP contribution in [0.2, 0.25) is 0 Å². The number of carbonyl (C=O) groups is 3. The van der Waals surface area contributed by atoms with Crippen molar-refractivity contribution >= 4 is 17.9 Å². The molecule has 0 aliphatic heterocycles. The first-order valence-corrected chi connectivity index (χ1v) is 6.13. The third-order valence-electron chi connectivity index (χ3n) is 2.69. The predicted octanol–water partition coefficient (Wildman–Crippen LogP) is 0.343. The Hall–Kier alpha value is -2.38. The van der Waals surface area contributed by atoms with Crippen molar-refractivity contribution in [3.63, 3.8) is 0 Å². The molecule has 2 N–H and O–H groups in total. The minimum Gasteiger partial charge on any atom is -0.481 e. The van der Waals surface area contributed by atoms with E-state index in [0.29, 0.717) is 5.82 Å². The molecule has 110 valence electrons. The second kappa shape index (κ2) is 7.27. The molecule has 1 rings (SSSR count). The maximum Gasteiger partial charge on any atom is 0.324 e. The smallest absolute Gasteiger partial charge is 0.324 e. The van der Waals surface area contributed by atoms with Crippen molar-refractivity contribution in [2.45, 2.75) is 25.8 Å². The monoisotopic (exact) mass is 282 g/mol. The highest BCUT2D eigenvalue weighted by atomic mass is 16.4. The molecule has 0 saturated heterocycles. The maximum absolute atomic E-state index is 11.7. The van der Waals surface area contributed by atoms with E-state index in [9.17, 15) is 14.4 Å². The average Bonchev–Trinajstić information content (AvgIpc) is 2.74. The van der Waals surface area contributed by atoms with E-state index < -0.39 is 17.9 Å². The van der Waals surface area contributed by atoms with Crippen LogP contribution >= 0.6 is 0 Å². The first-order chi connectivity index (χ1) is 9.40. The number of imide groups is 1. The van der Waals surface area contributed by atoms with Crippen LogP contribution in [0, 0.1) is 0 Å². The van der Waals surface area contributed by atoms with Crippen LogP contribution in [0.3, 0.4) is 0 Å². The van der Waals surface area contributed by atoms with Crippen LogP contribution < -0.4 is 5.32 Å². The van der Waals surface area contributed by atoms with Gasteiger partial charge in [-0.3, -0.25) is 14.9 Å². The summed E-state index contributed by atoms with van der Waals surface area (Å²) in [7, 11) is 3.36. The van der Waals surface area contributed by atoms with Gasteiger partial charge in [0.2, 0.25) is 5.91 Å². The molecule has 0 spiro atoms. The Morgan fingerprint density at radius 2 is 2.10 bits per heavy atom. The van der Waals surface area contributed by atoms with Gasteiger partial charge in [-0.05, 0) is 6.42 Å². The van der Waals surface area contributed by atoms with Gasteiger partial charge in [0.25, 0.3) is 0 Å². The summed E-state index contributed by atoms with van der Waals surface area (Å²) in [6, 6.07) is -0.534. The van der Waals surface area contributed by atoms with E-state index in [1.165, 1.54) is 4.90 Å². The van der Waals surface area contributed by atoms with Gasteiger partial charge in [-0.25, -0.2) is 9.78 Å². The summed E-state index contributed by atoms with van der Waals surface area (Å²) in [4.78, 5) is 38.9. The molecule has 8 nitrogen and oxygen atoms in total. The standard InChI is InChI=1S/C12H18N4O4/c1-15-7-6-13-9(15)8-16(2)12(20)14-10(17)4-3-5-11(18)19/h6-7H,3-5,8H2,1-2H3,(H,18,19)(H,14,17,20). The Kier molecular flexibility index (Phi) is 5.70. The number of urea groups is 1. The summed E-state index contributed by atoms with van der Waals surface area (Å²) in [5.74, 6) is -0.750. The molecule has 1 aromatic rings. The van der Waals surface area contributed by atoms with Crippen LogP contribution in [0.5, 0.6) is 0 Å². The fraction of sp³-hybridized carbons (Fsp3) is 0.500. The molecule has 0 saturated carbocycles. The summed E-state index contributed by atoms with van der Waals surface area (Å²) < 4.78 is 1.78. The molecule has 0 unspecified atom stereocenters. The second-order valence-electron chi connectivity index (χ2n) is 4.41. The van der Waals surface area contributed by atoms with Crippen molar-refractivity contribution in [1.29, 1.82) is 0 Å². The van der Waals surface area contributed by atoms with Crippen LogP contribution in [0.25, 0.3) is 0 Å². The fourth-order valence-electron chi connectivity index (χ4n) is 1.51. The van der Waals surface area contributed by atoms with Crippen molar-refractivity contribution in [3.8, 4) is 0 Å². The molecule has 0 aromatic carbocycles. The van der Waals surface area contributed by atoms with Crippen LogP contribution in [0.1, 0.15) is 25.1 Å². The Morgan fingerprint density at radius 1 is 1.40 bits per heavy atom. The second-order valence-corrected chi connectivity index (χ2v) is 4.41. The summed E-state index contributed by atoms with van der Waals surface area (Å²) in [6.07, 6.45) is 3.51. The number of aryl methyl sites for hydroxylation is 1. The van der Waals surface area contributed by atoms with Crippen LogP contribution in [-0.2, 0) is 23.2 Å². The maximum atomic E-state index is 11.7. The van der Waals surface area contributed by atoms with E-state index in [1.54, 1.807) is 24.0 Å². The zero-order chi connectivity index (χ0) is 15.1. The summed E-state index contributed by atoms with van der Waals surface area (Å²) in [6.45, 7) is 0.276. The molecule has 1 aromatic heterocycles. The fourth-order valence-corrected chi connectivity index (χ4v) is 1.51. The number of carboxylic acids is 1. The van der Waals surface area contributed by atoms with Gasteiger partial charge in [-0.1, -0.05) is 0 Å². The number of carboxylic acid groups (broad SMARTS) is 1. The Morgan fingerprint density at radius 3 is 2.65 bits per heavy atom. The van der Waals surface area contributed by atoms with Gasteiger partial charge in [0, 0.05) is 39.3 Å². The lowest BCUT2D eigenvalue weighted by atomic mass is 10.2. The van der Waals surface area contributed by atoms with Crippen molar-refractivity contribution in [2.75, 3.05) is 7.05 Å². The van der Waals surface area contributed by atoms with Crippen molar-refractivity contribution < 1.29 is 19.5 Å². The number of aromatic nitrogens is 2. The van der Waals surface area contributed by atoms with E-state index in [-0.39, 0.29) is 25.8 Å². The highest BCUT2D eigenvalue weighted by Crippen LogP contribution is 2.00. The molecule has 0 atom stereocenters. The largest absolute Gasteiger partial charge is 0.481 e. The lowest BCUT2D eigenvalue weighted by Gasteiger charge is -2.16. The summed E-state index contributed by atoms with van der Waals surface area (Å²) in [5, 5.41) is 10.7. The number of nitrogens with zero attached hydrogens (tertiary/aromatic N) is 3. The molecule has 0 bridgehead atoms. The molecule has 0 radical (unpaired) electrons. The first-order valence-electron chi connectivity index (χ1n) is 6.13. The molecule has 1 heterocycles. The topological polar surface area (TPSA) is 105 Å². The molecule has 8 heteroatoms. The summed E-state index contributed by atoms with van der Waals surface area (Å²) >= 11 is 0. The van der Waals surface area contributed by atoms with Crippen molar-refractivity contribution in [1.82, 2.24) is 19.8 Å². The first kappa shape index (κ1) is 15.7. The highest BCUT2D eigenvalue weighted by molar-refractivity contribution is 5.94. The molecule has 0 fully saturated rings. The normalized spacial score (nSPS) is 10.1. The van der Waals surface area contributed by atoms with Gasteiger partial charge in [0.15, 0.2) is 0 Å². The third-order valence-corrected chi connectivity index (χ3v) is 2.69. The lowest BCUT2D eigenvalue weighted by Crippen LogP contribution is -2.40. The third kappa shape index (κ3) is 5.09. The number of rotatable bonds is 6. The molecular formula is C12H18N4O4. The quantitative estimate of drug-likeness (QED) is 0.783. The molecular weight excluding hydrogens is 264 g/mol. The zero-order valence-corrected chi connectivity index (χ0v) is 11.5. The van der Waals surface area contributed by atoms with Gasteiger partial charge in [-0.15, -0.1) is 0 Å². The zero-order valence-electron chi connectivity index (χ0n) is 11.5. The van der Waals surface area contributed by atoms with Gasteiger partial charge in [-0.2, -0.15) is 0 Å². The SMILES string of the molecule is CN(Cc1nccn1C)C(=O)NC(=O)CCCC(=O)O. The highest BCUT2D eigenvalue weighted by Gasteiger charge is 2.14. The number of amides is 3. The van der Waals surface area contributed by atoms with E-state index in [1.807, 2.05) is 7.05 Å². The van der Waals surface area contributed by atoms with Gasteiger partial charge >= 0.3 is 12.0 Å². The molecule has 0 aliphatic carbocycles. The lowest BCUT2D eigenvalue weighted by molar-refractivity contribution is -0.137. The predicted molar refractivity (Wildman–Crippen MR) is 69.7 cm³/mol. The van der Waals surface area contributed by atoms with Crippen LogP contribution in [-0.4, -0.2) is 44.5 Å². The number of imidazole rings is 1. The van der Waals surface area contributed by atoms with Crippen molar-refractivity contribution in [2.24, 2.45) is 7.05 Å². The van der Waals surface area contributed by atoms with E-state index in [4.69, 9.17) is 5.11 Å². The Bertz CT molecular complexity index is 497. The summed E-state index contributed by atoms with van der Waals surface area (Å²) in [5.41, 5.74) is 0. The van der Waals surface area contributed by atoms with Gasteiger partial charge in [0.05, 0.1) is 6.54 Å². The molecule has 20 heavy (non-hydrogen) atoms. The van der Waals surface area contributed by atoms with Gasteiger partial charge in [0.1, 0.15) is 5.82 Å². The van der Waals surface area contributed by atoms with E-state index in [0.717, 1.165) is 0 Å². The van der Waals surface area contributed by atoms with Crippen molar-refractivity contribution in [3.05, 3.63) is 18.2 Å². The van der Waals surface area contributed by atoms with E-state index in [2.05, 4.69) is 10.3 Å². The molecule has 3 amide bonds. The van der Waals surface area contributed by atoms with Crippen LogP contribution in [0.4, 0.5) is 4.79 Å². The Labute approximate surface area is 116 Å². The average molecular weight is 282 g/mol. The number of nitrogens with one attached hydrogen (secondary N) is 1. The van der Waals surface area contributed by atoms with Gasteiger partial charge < -0.3 is 14.6 Å². The number of carbonyl (C=O) groups excluding carboxylic acids is 2. The minimum atomic E-state index is -0.962. The number of hydrogen-bond acceptors (Lipinski definition) is 4. The molecule has 0 aliphatic rings. The number of hydrogen-bond donors (Lipinski definition) is 2. The Balaban J connectivity index is 2.36. The minimum absolute atomic E-state index is 0.00822. The number of aliphatic carboxylic acids is 1.